The van der Waals surface area contributed by atoms with Crippen molar-refractivity contribution in [2.24, 2.45) is 0 Å². The van der Waals surface area contributed by atoms with Crippen LogP contribution >= 0.6 is 0 Å². The molecule has 0 saturated heterocycles. The topological polar surface area (TPSA) is 30.5 Å². The van der Waals surface area contributed by atoms with E-state index in [0.717, 1.165) is 38.3 Å². The van der Waals surface area contributed by atoms with Gasteiger partial charge in [0, 0.05) is 26.3 Å². The highest BCUT2D eigenvalue weighted by Crippen LogP contribution is 2.13. The van der Waals surface area contributed by atoms with Gasteiger partial charge in [-0.05, 0) is 37.5 Å². The molecule has 0 amide bonds. The van der Waals surface area contributed by atoms with Crippen LogP contribution in [0.1, 0.15) is 32.3 Å². The van der Waals surface area contributed by atoms with Crippen LogP contribution in [0.25, 0.3) is 0 Å². The molecule has 18 heavy (non-hydrogen) atoms. The minimum absolute atomic E-state index is 0.463. The van der Waals surface area contributed by atoms with Crippen LogP contribution in [0.5, 0.6) is 5.75 Å². The summed E-state index contributed by atoms with van der Waals surface area (Å²) < 4.78 is 10.7. The molecule has 1 aromatic rings. The molecule has 1 atom stereocenters. The number of nitrogens with one attached hydrogen (secondary N) is 1. The number of hydrogen-bond acceptors (Lipinski definition) is 3. The molecule has 0 heterocycles. The van der Waals surface area contributed by atoms with Gasteiger partial charge in [-0.3, -0.25) is 0 Å². The van der Waals surface area contributed by atoms with Gasteiger partial charge in [0.05, 0.1) is 6.61 Å². The van der Waals surface area contributed by atoms with Gasteiger partial charge >= 0.3 is 0 Å². The first kappa shape index (κ1) is 15.0. The molecule has 3 heteroatoms. The maximum Gasteiger partial charge on any atom is 0.119 e. The molecule has 0 fully saturated rings. The Balaban J connectivity index is 2.37. The highest BCUT2D eigenvalue weighted by molar-refractivity contribution is 5.28. The van der Waals surface area contributed by atoms with Crippen LogP contribution in [-0.4, -0.2) is 26.4 Å². The Morgan fingerprint density at radius 2 is 2.11 bits per heavy atom. The monoisotopic (exact) mass is 251 g/mol. The number of rotatable bonds is 9. The lowest BCUT2D eigenvalue weighted by atomic mass is 10.2. The Hall–Kier alpha value is -1.06. The third-order valence-corrected chi connectivity index (χ3v) is 2.78. The van der Waals surface area contributed by atoms with Crippen molar-refractivity contribution >= 4 is 0 Å². The molecule has 0 bridgehead atoms. The van der Waals surface area contributed by atoms with Gasteiger partial charge in [0.1, 0.15) is 5.75 Å². The normalized spacial score (nSPS) is 12.4. The fraction of sp³-hybridized carbons (Fsp3) is 0.600. The zero-order valence-corrected chi connectivity index (χ0v) is 11.7. The van der Waals surface area contributed by atoms with E-state index in [0.29, 0.717) is 6.04 Å². The zero-order chi connectivity index (χ0) is 13.2. The first-order chi connectivity index (χ1) is 8.76. The SMILES string of the molecule is CCCOc1cccc(CNC(C)CCOC)c1. The van der Waals surface area contributed by atoms with Crippen molar-refractivity contribution in [1.29, 1.82) is 0 Å². The van der Waals surface area contributed by atoms with E-state index in [4.69, 9.17) is 9.47 Å². The van der Waals surface area contributed by atoms with E-state index >= 15 is 0 Å². The molecule has 3 nitrogen and oxygen atoms in total. The smallest absolute Gasteiger partial charge is 0.119 e. The zero-order valence-electron chi connectivity index (χ0n) is 11.7. The highest BCUT2D eigenvalue weighted by atomic mass is 16.5. The lowest BCUT2D eigenvalue weighted by Gasteiger charge is -2.14. The van der Waals surface area contributed by atoms with Crippen LogP contribution in [0.15, 0.2) is 24.3 Å². The summed E-state index contributed by atoms with van der Waals surface area (Å²) in [5.41, 5.74) is 1.26. The second-order valence-corrected chi connectivity index (χ2v) is 4.56. The highest BCUT2D eigenvalue weighted by Gasteiger charge is 2.02. The molecule has 0 aromatic heterocycles. The maximum atomic E-state index is 5.62. The van der Waals surface area contributed by atoms with E-state index in [1.807, 2.05) is 12.1 Å². The summed E-state index contributed by atoms with van der Waals surface area (Å²) >= 11 is 0. The Morgan fingerprint density at radius 1 is 1.28 bits per heavy atom. The average Bonchev–Trinajstić information content (AvgIpc) is 2.41. The van der Waals surface area contributed by atoms with Crippen LogP contribution in [0, 0.1) is 0 Å². The molecule has 1 N–H and O–H groups in total. The van der Waals surface area contributed by atoms with E-state index in [1.165, 1.54) is 5.56 Å². The van der Waals surface area contributed by atoms with Crippen LogP contribution in [0.4, 0.5) is 0 Å². The van der Waals surface area contributed by atoms with Crippen LogP contribution in [0.2, 0.25) is 0 Å². The minimum atomic E-state index is 0.463. The number of ether oxygens (including phenoxy) is 2. The second-order valence-electron chi connectivity index (χ2n) is 4.56. The quantitative estimate of drug-likeness (QED) is 0.732. The van der Waals surface area contributed by atoms with Crippen molar-refractivity contribution < 1.29 is 9.47 Å². The first-order valence-electron chi connectivity index (χ1n) is 6.70. The lowest BCUT2D eigenvalue weighted by molar-refractivity contribution is 0.184. The standard InChI is InChI=1S/C15H25NO2/c1-4-9-18-15-7-5-6-14(11-15)12-16-13(2)8-10-17-3/h5-7,11,13,16H,4,8-10,12H2,1-3H3. The van der Waals surface area contributed by atoms with Gasteiger partial charge in [-0.15, -0.1) is 0 Å². The number of hydrogen-bond donors (Lipinski definition) is 1. The third kappa shape index (κ3) is 6.03. The summed E-state index contributed by atoms with van der Waals surface area (Å²) in [7, 11) is 1.74. The van der Waals surface area contributed by atoms with E-state index < -0.39 is 0 Å². The van der Waals surface area contributed by atoms with Gasteiger partial charge in [-0.2, -0.15) is 0 Å². The Bertz CT molecular complexity index is 328. The van der Waals surface area contributed by atoms with E-state index in [9.17, 15) is 0 Å². The molecule has 0 spiro atoms. The van der Waals surface area contributed by atoms with Gasteiger partial charge in [-0.25, -0.2) is 0 Å². The van der Waals surface area contributed by atoms with Crippen molar-refractivity contribution in [3.63, 3.8) is 0 Å². The summed E-state index contributed by atoms with van der Waals surface area (Å²) in [6.07, 6.45) is 2.07. The molecular formula is C15H25NO2. The summed E-state index contributed by atoms with van der Waals surface area (Å²) in [6, 6.07) is 8.74. The lowest BCUT2D eigenvalue weighted by Crippen LogP contribution is -2.26. The molecule has 1 unspecified atom stereocenters. The predicted octanol–water partition coefficient (Wildman–Crippen LogP) is 2.99. The van der Waals surface area contributed by atoms with Crippen molar-refractivity contribution in [2.45, 2.75) is 39.3 Å². The van der Waals surface area contributed by atoms with E-state index in [2.05, 4.69) is 31.3 Å². The second kappa shape index (κ2) is 8.95. The van der Waals surface area contributed by atoms with Crippen LogP contribution in [-0.2, 0) is 11.3 Å². The first-order valence-corrected chi connectivity index (χ1v) is 6.70. The van der Waals surface area contributed by atoms with Crippen LogP contribution in [0.3, 0.4) is 0 Å². The van der Waals surface area contributed by atoms with Gasteiger partial charge in [-0.1, -0.05) is 19.1 Å². The molecule has 0 aliphatic heterocycles. The van der Waals surface area contributed by atoms with Gasteiger partial charge in [0.15, 0.2) is 0 Å². The molecule has 0 aliphatic carbocycles. The van der Waals surface area contributed by atoms with Crippen molar-refractivity contribution in [2.75, 3.05) is 20.3 Å². The summed E-state index contributed by atoms with van der Waals surface area (Å²) in [5, 5.41) is 3.48. The van der Waals surface area contributed by atoms with Crippen molar-refractivity contribution in [3.05, 3.63) is 29.8 Å². The Labute approximate surface area is 110 Å². The van der Waals surface area contributed by atoms with Gasteiger partial charge in [0.2, 0.25) is 0 Å². The fourth-order valence-electron chi connectivity index (χ4n) is 1.65. The summed E-state index contributed by atoms with van der Waals surface area (Å²) in [6.45, 7) is 6.74. The average molecular weight is 251 g/mol. The van der Waals surface area contributed by atoms with Crippen LogP contribution < -0.4 is 10.1 Å². The number of methoxy groups -OCH3 is 1. The molecule has 1 aromatic carbocycles. The Kier molecular flexibility index (Phi) is 7.46. The van der Waals surface area contributed by atoms with E-state index in [-0.39, 0.29) is 0 Å². The largest absolute Gasteiger partial charge is 0.494 e. The van der Waals surface area contributed by atoms with Crippen molar-refractivity contribution in [1.82, 2.24) is 5.32 Å². The molecule has 1 rings (SSSR count). The molecular weight excluding hydrogens is 226 g/mol. The Morgan fingerprint density at radius 3 is 2.83 bits per heavy atom. The molecule has 0 aliphatic rings. The van der Waals surface area contributed by atoms with E-state index in [1.54, 1.807) is 7.11 Å². The fourth-order valence-corrected chi connectivity index (χ4v) is 1.65. The molecule has 0 saturated carbocycles. The maximum absolute atomic E-state index is 5.62. The molecule has 0 radical (unpaired) electrons. The van der Waals surface area contributed by atoms with Crippen molar-refractivity contribution in [3.8, 4) is 5.75 Å². The van der Waals surface area contributed by atoms with Gasteiger partial charge in [0.25, 0.3) is 0 Å². The minimum Gasteiger partial charge on any atom is -0.494 e. The molecule has 102 valence electrons. The third-order valence-electron chi connectivity index (χ3n) is 2.78. The summed E-state index contributed by atoms with van der Waals surface area (Å²) in [4.78, 5) is 0. The summed E-state index contributed by atoms with van der Waals surface area (Å²) in [5.74, 6) is 0.959. The predicted molar refractivity (Wildman–Crippen MR) is 75.0 cm³/mol. The van der Waals surface area contributed by atoms with Gasteiger partial charge < -0.3 is 14.8 Å². The number of benzene rings is 1.